The zero-order valence-electron chi connectivity index (χ0n) is 10.3. The van der Waals surface area contributed by atoms with Gasteiger partial charge in [-0.15, -0.1) is 0 Å². The SMILES string of the molecule is CC(C)C1=C(O[Si](C)(C)C)CCCC1. The van der Waals surface area contributed by atoms with E-state index in [1.54, 1.807) is 5.57 Å². The van der Waals surface area contributed by atoms with Gasteiger partial charge in [-0.3, -0.25) is 0 Å². The maximum Gasteiger partial charge on any atom is 0.241 e. The second kappa shape index (κ2) is 4.52. The van der Waals surface area contributed by atoms with Crippen molar-refractivity contribution in [1.29, 1.82) is 0 Å². The molecule has 1 aliphatic carbocycles. The van der Waals surface area contributed by atoms with Gasteiger partial charge in [0.1, 0.15) is 0 Å². The van der Waals surface area contributed by atoms with Crippen LogP contribution in [0.25, 0.3) is 0 Å². The summed E-state index contributed by atoms with van der Waals surface area (Å²) in [6, 6.07) is 0. The lowest BCUT2D eigenvalue weighted by Crippen LogP contribution is -2.26. The van der Waals surface area contributed by atoms with Crippen LogP contribution in [0.2, 0.25) is 19.6 Å². The first-order valence-electron chi connectivity index (χ1n) is 5.81. The van der Waals surface area contributed by atoms with Crippen LogP contribution in [-0.4, -0.2) is 8.32 Å². The molecule has 0 atom stereocenters. The lowest BCUT2D eigenvalue weighted by molar-refractivity contribution is 0.359. The van der Waals surface area contributed by atoms with Crippen molar-refractivity contribution in [2.75, 3.05) is 0 Å². The fourth-order valence-corrected chi connectivity index (χ4v) is 2.97. The summed E-state index contributed by atoms with van der Waals surface area (Å²) in [5.74, 6) is 2.01. The summed E-state index contributed by atoms with van der Waals surface area (Å²) in [6.45, 7) is 11.4. The maximum atomic E-state index is 6.17. The van der Waals surface area contributed by atoms with E-state index in [9.17, 15) is 0 Å². The molecule has 0 unspecified atom stereocenters. The van der Waals surface area contributed by atoms with Crippen LogP contribution >= 0.6 is 0 Å². The summed E-state index contributed by atoms with van der Waals surface area (Å²) in [7, 11) is -1.39. The summed E-state index contributed by atoms with van der Waals surface area (Å²) in [5, 5.41) is 0. The maximum absolute atomic E-state index is 6.17. The lowest BCUT2D eigenvalue weighted by atomic mass is 9.90. The zero-order chi connectivity index (χ0) is 10.8. The third-order valence-electron chi connectivity index (χ3n) is 2.58. The average molecular weight is 212 g/mol. The van der Waals surface area contributed by atoms with E-state index in [0.29, 0.717) is 5.92 Å². The fourth-order valence-electron chi connectivity index (χ4n) is 2.00. The molecule has 0 aromatic carbocycles. The Labute approximate surface area is 89.7 Å². The number of rotatable bonds is 3. The Morgan fingerprint density at radius 2 is 1.64 bits per heavy atom. The number of hydrogen-bond acceptors (Lipinski definition) is 1. The van der Waals surface area contributed by atoms with Gasteiger partial charge in [0.15, 0.2) is 0 Å². The molecule has 1 rings (SSSR count). The van der Waals surface area contributed by atoms with Crippen LogP contribution in [0.15, 0.2) is 11.3 Å². The van der Waals surface area contributed by atoms with Gasteiger partial charge in [-0.2, -0.15) is 0 Å². The molecular weight excluding hydrogens is 188 g/mol. The number of allylic oxidation sites excluding steroid dienone is 2. The molecule has 0 amide bonds. The molecule has 0 saturated heterocycles. The van der Waals surface area contributed by atoms with Crippen LogP contribution < -0.4 is 0 Å². The van der Waals surface area contributed by atoms with Gasteiger partial charge in [0, 0.05) is 6.42 Å². The van der Waals surface area contributed by atoms with Crippen molar-refractivity contribution in [3.8, 4) is 0 Å². The molecule has 0 spiro atoms. The topological polar surface area (TPSA) is 9.23 Å². The Kier molecular flexibility index (Phi) is 3.82. The minimum atomic E-state index is -1.39. The normalized spacial score (nSPS) is 19.0. The van der Waals surface area contributed by atoms with Gasteiger partial charge < -0.3 is 4.43 Å². The molecule has 0 aromatic heterocycles. The van der Waals surface area contributed by atoms with Crippen LogP contribution in [-0.2, 0) is 4.43 Å². The van der Waals surface area contributed by atoms with E-state index >= 15 is 0 Å². The Hall–Kier alpha value is -0.243. The summed E-state index contributed by atoms with van der Waals surface area (Å²) < 4.78 is 6.17. The van der Waals surface area contributed by atoms with Crippen LogP contribution in [0, 0.1) is 5.92 Å². The summed E-state index contributed by atoms with van der Waals surface area (Å²) in [6.07, 6.45) is 5.11. The third kappa shape index (κ3) is 3.49. The molecule has 1 aliphatic rings. The molecule has 0 radical (unpaired) electrons. The van der Waals surface area contributed by atoms with E-state index in [1.165, 1.54) is 31.4 Å². The van der Waals surface area contributed by atoms with Gasteiger partial charge in [0.2, 0.25) is 8.32 Å². The molecule has 0 N–H and O–H groups in total. The van der Waals surface area contributed by atoms with Crippen molar-refractivity contribution in [1.82, 2.24) is 0 Å². The van der Waals surface area contributed by atoms with Gasteiger partial charge in [0.05, 0.1) is 5.76 Å². The molecule has 0 bridgehead atoms. The van der Waals surface area contributed by atoms with Crippen LogP contribution in [0.5, 0.6) is 0 Å². The monoisotopic (exact) mass is 212 g/mol. The van der Waals surface area contributed by atoms with Crippen molar-refractivity contribution in [2.45, 2.75) is 59.2 Å². The van der Waals surface area contributed by atoms with Gasteiger partial charge in [-0.05, 0) is 50.4 Å². The Morgan fingerprint density at radius 1 is 1.07 bits per heavy atom. The van der Waals surface area contributed by atoms with Crippen LogP contribution in [0.1, 0.15) is 39.5 Å². The standard InChI is InChI=1S/C12H24OSi/c1-10(2)11-8-6-7-9-12(11)13-14(3,4)5/h10H,6-9H2,1-5H3. The van der Waals surface area contributed by atoms with Crippen molar-refractivity contribution in [2.24, 2.45) is 5.92 Å². The van der Waals surface area contributed by atoms with Gasteiger partial charge >= 0.3 is 0 Å². The highest BCUT2D eigenvalue weighted by atomic mass is 28.4. The molecule has 0 saturated carbocycles. The summed E-state index contributed by atoms with van der Waals surface area (Å²) in [5.41, 5.74) is 1.58. The molecule has 2 heteroatoms. The molecule has 0 heterocycles. The molecule has 82 valence electrons. The zero-order valence-corrected chi connectivity index (χ0v) is 11.3. The van der Waals surface area contributed by atoms with Gasteiger partial charge in [-0.25, -0.2) is 0 Å². The molecule has 0 fully saturated rings. The smallest absolute Gasteiger partial charge is 0.241 e. The quantitative estimate of drug-likeness (QED) is 0.633. The Bertz CT molecular complexity index is 223. The van der Waals surface area contributed by atoms with Crippen LogP contribution in [0.3, 0.4) is 0 Å². The van der Waals surface area contributed by atoms with E-state index in [0.717, 1.165) is 0 Å². The minimum absolute atomic E-state index is 0.668. The van der Waals surface area contributed by atoms with Gasteiger partial charge in [0.25, 0.3) is 0 Å². The Morgan fingerprint density at radius 3 is 2.14 bits per heavy atom. The molecule has 14 heavy (non-hydrogen) atoms. The predicted octanol–water partition coefficient (Wildman–Crippen LogP) is 4.32. The van der Waals surface area contributed by atoms with Crippen molar-refractivity contribution >= 4 is 8.32 Å². The highest BCUT2D eigenvalue weighted by Crippen LogP contribution is 2.32. The van der Waals surface area contributed by atoms with E-state index in [-0.39, 0.29) is 0 Å². The van der Waals surface area contributed by atoms with E-state index in [4.69, 9.17) is 4.43 Å². The Balaban J connectivity index is 2.79. The van der Waals surface area contributed by atoms with Crippen molar-refractivity contribution < 1.29 is 4.43 Å². The number of hydrogen-bond donors (Lipinski definition) is 0. The van der Waals surface area contributed by atoms with Gasteiger partial charge in [-0.1, -0.05) is 13.8 Å². The van der Waals surface area contributed by atoms with E-state index in [2.05, 4.69) is 33.5 Å². The third-order valence-corrected chi connectivity index (χ3v) is 3.44. The van der Waals surface area contributed by atoms with E-state index < -0.39 is 8.32 Å². The summed E-state index contributed by atoms with van der Waals surface area (Å²) >= 11 is 0. The first-order valence-corrected chi connectivity index (χ1v) is 9.22. The van der Waals surface area contributed by atoms with Crippen molar-refractivity contribution in [3.63, 3.8) is 0 Å². The molecule has 1 nitrogen and oxygen atoms in total. The van der Waals surface area contributed by atoms with Crippen molar-refractivity contribution in [3.05, 3.63) is 11.3 Å². The second-order valence-corrected chi connectivity index (χ2v) is 9.95. The van der Waals surface area contributed by atoms with Crippen LogP contribution in [0.4, 0.5) is 0 Å². The molecule has 0 aromatic rings. The lowest BCUT2D eigenvalue weighted by Gasteiger charge is -2.29. The molecular formula is C12H24OSi. The highest BCUT2D eigenvalue weighted by molar-refractivity contribution is 6.70. The first kappa shape index (κ1) is 11.8. The fraction of sp³-hybridized carbons (Fsp3) is 0.833. The largest absolute Gasteiger partial charge is 0.547 e. The minimum Gasteiger partial charge on any atom is -0.547 e. The first-order chi connectivity index (χ1) is 6.40. The highest BCUT2D eigenvalue weighted by Gasteiger charge is 2.22. The molecule has 0 aliphatic heterocycles. The summed E-state index contributed by atoms with van der Waals surface area (Å²) in [4.78, 5) is 0. The average Bonchev–Trinajstić information content (AvgIpc) is 2.01. The second-order valence-electron chi connectivity index (χ2n) is 5.52. The predicted molar refractivity (Wildman–Crippen MR) is 64.8 cm³/mol. The van der Waals surface area contributed by atoms with E-state index in [1.807, 2.05) is 0 Å².